The molecule has 0 spiro atoms. The van der Waals surface area contributed by atoms with Crippen LogP contribution >= 0.6 is 0 Å². The molecule has 1 fully saturated rings. The summed E-state index contributed by atoms with van der Waals surface area (Å²) in [5, 5.41) is 9.43. The van der Waals surface area contributed by atoms with Gasteiger partial charge in [0.25, 0.3) is 10.2 Å². The number of carbonyl (C=O) groups is 1. The van der Waals surface area contributed by atoms with E-state index in [1.54, 1.807) is 0 Å². The van der Waals surface area contributed by atoms with Gasteiger partial charge in [0.1, 0.15) is 6.04 Å². The van der Waals surface area contributed by atoms with Crippen molar-refractivity contribution in [1.82, 2.24) is 8.61 Å². The van der Waals surface area contributed by atoms with Gasteiger partial charge in [-0.25, -0.2) is 0 Å². The van der Waals surface area contributed by atoms with Gasteiger partial charge >= 0.3 is 5.97 Å². The molecule has 2 unspecified atom stereocenters. The predicted octanol–water partition coefficient (Wildman–Crippen LogP) is -1.60. The second-order valence-corrected chi connectivity index (χ2v) is 5.88. The van der Waals surface area contributed by atoms with Crippen molar-refractivity contribution in [3.63, 3.8) is 0 Å². The first-order chi connectivity index (χ1) is 7.30. The van der Waals surface area contributed by atoms with E-state index in [0.717, 1.165) is 8.61 Å². The number of aliphatic hydroxyl groups is 1. The number of esters is 1. The molecular formula is C8H16N2O5S. The van der Waals surface area contributed by atoms with Gasteiger partial charge in [0.15, 0.2) is 0 Å². The maximum Gasteiger partial charge on any atom is 0.324 e. The highest BCUT2D eigenvalue weighted by molar-refractivity contribution is 7.86. The third-order valence-electron chi connectivity index (χ3n) is 2.46. The average molecular weight is 252 g/mol. The molecule has 1 heterocycles. The molecule has 0 amide bonds. The van der Waals surface area contributed by atoms with Crippen LogP contribution in [0.4, 0.5) is 0 Å². The number of hydrogen-bond donors (Lipinski definition) is 1. The maximum absolute atomic E-state index is 11.8. The number of hydrogen-bond acceptors (Lipinski definition) is 5. The molecule has 0 aromatic rings. The van der Waals surface area contributed by atoms with Crippen LogP contribution in [0.3, 0.4) is 0 Å². The molecule has 1 aliphatic rings. The van der Waals surface area contributed by atoms with Crippen LogP contribution < -0.4 is 0 Å². The molecule has 0 saturated carbocycles. The lowest BCUT2D eigenvalue weighted by atomic mass is 10.2. The first kappa shape index (κ1) is 13.4. The largest absolute Gasteiger partial charge is 0.468 e. The van der Waals surface area contributed by atoms with Crippen LogP contribution in [0.15, 0.2) is 0 Å². The summed E-state index contributed by atoms with van der Waals surface area (Å²) < 4.78 is 30.2. The van der Waals surface area contributed by atoms with E-state index in [1.165, 1.54) is 21.2 Å². The second-order valence-electron chi connectivity index (χ2n) is 3.79. The Morgan fingerprint density at radius 1 is 1.50 bits per heavy atom. The zero-order chi connectivity index (χ0) is 12.5. The molecule has 1 aliphatic heterocycles. The van der Waals surface area contributed by atoms with Crippen molar-refractivity contribution in [2.24, 2.45) is 0 Å². The molecule has 0 radical (unpaired) electrons. The molecule has 16 heavy (non-hydrogen) atoms. The first-order valence-electron chi connectivity index (χ1n) is 4.76. The number of ether oxygens (including phenoxy) is 1. The summed E-state index contributed by atoms with van der Waals surface area (Å²) in [5.74, 6) is -0.651. The standard InChI is InChI=1S/C8H16N2O5S/c1-9(2)16(13,14)10-5-6(11)4-7(10)8(12)15-3/h6-7,11H,4-5H2,1-3H3. The lowest BCUT2D eigenvalue weighted by Gasteiger charge is -2.24. The molecule has 7 nitrogen and oxygen atoms in total. The minimum absolute atomic E-state index is 0.0692. The molecule has 1 N–H and O–H groups in total. The van der Waals surface area contributed by atoms with Crippen LogP contribution in [-0.2, 0) is 19.7 Å². The van der Waals surface area contributed by atoms with Crippen molar-refractivity contribution in [1.29, 1.82) is 0 Å². The number of methoxy groups -OCH3 is 1. The summed E-state index contributed by atoms with van der Waals surface area (Å²) in [6.45, 7) is -0.0831. The van der Waals surface area contributed by atoms with E-state index in [1.807, 2.05) is 0 Å². The Morgan fingerprint density at radius 3 is 2.50 bits per heavy atom. The van der Waals surface area contributed by atoms with Gasteiger partial charge < -0.3 is 9.84 Å². The number of β-amino-alcohol motifs (C(OH)–C–C–N with tert-alkyl or cyclic N) is 1. The fraction of sp³-hybridized carbons (Fsp3) is 0.875. The summed E-state index contributed by atoms with van der Waals surface area (Å²) in [4.78, 5) is 11.4. The van der Waals surface area contributed by atoms with Gasteiger partial charge in [-0.15, -0.1) is 0 Å². The number of carbonyl (C=O) groups excluding carboxylic acids is 1. The summed E-state index contributed by atoms with van der Waals surface area (Å²) in [6.07, 6.45) is -0.765. The molecule has 94 valence electrons. The molecule has 0 bridgehead atoms. The average Bonchev–Trinajstić information content (AvgIpc) is 2.59. The third-order valence-corrected chi connectivity index (χ3v) is 4.38. The highest BCUT2D eigenvalue weighted by Gasteiger charge is 2.44. The minimum atomic E-state index is -3.71. The topological polar surface area (TPSA) is 87.1 Å². The molecule has 1 rings (SSSR count). The lowest BCUT2D eigenvalue weighted by Crippen LogP contribution is -2.46. The fourth-order valence-corrected chi connectivity index (χ4v) is 2.87. The Bertz CT molecular complexity index is 367. The van der Waals surface area contributed by atoms with Gasteiger partial charge in [-0.2, -0.15) is 17.0 Å². The van der Waals surface area contributed by atoms with Gasteiger partial charge in [-0.05, 0) is 0 Å². The Kier molecular flexibility index (Phi) is 3.89. The maximum atomic E-state index is 11.8. The second kappa shape index (κ2) is 4.66. The zero-order valence-electron chi connectivity index (χ0n) is 9.45. The number of nitrogens with zero attached hydrogens (tertiary/aromatic N) is 2. The van der Waals surface area contributed by atoms with E-state index in [-0.39, 0.29) is 13.0 Å². The highest BCUT2D eigenvalue weighted by Crippen LogP contribution is 2.23. The molecule has 0 aromatic carbocycles. The molecule has 2 atom stereocenters. The molecule has 1 saturated heterocycles. The van der Waals surface area contributed by atoms with Crippen LogP contribution in [0.1, 0.15) is 6.42 Å². The number of rotatable bonds is 3. The van der Waals surface area contributed by atoms with Crippen LogP contribution in [0.5, 0.6) is 0 Å². The van der Waals surface area contributed by atoms with E-state index >= 15 is 0 Å². The molecule has 8 heteroatoms. The SMILES string of the molecule is COC(=O)C1CC(O)CN1S(=O)(=O)N(C)C. The molecule has 0 aromatic heterocycles. The Labute approximate surface area is 94.8 Å². The van der Waals surface area contributed by atoms with Gasteiger partial charge in [0, 0.05) is 27.1 Å². The summed E-state index contributed by atoms with van der Waals surface area (Å²) >= 11 is 0. The Balaban J connectivity index is 2.98. The van der Waals surface area contributed by atoms with Crippen LogP contribution in [-0.4, -0.2) is 68.0 Å². The van der Waals surface area contributed by atoms with Crippen molar-refractivity contribution < 1.29 is 23.1 Å². The minimum Gasteiger partial charge on any atom is -0.468 e. The van der Waals surface area contributed by atoms with E-state index in [2.05, 4.69) is 4.74 Å². The zero-order valence-corrected chi connectivity index (χ0v) is 10.3. The smallest absolute Gasteiger partial charge is 0.324 e. The van der Waals surface area contributed by atoms with Crippen molar-refractivity contribution in [2.75, 3.05) is 27.7 Å². The van der Waals surface area contributed by atoms with E-state index in [4.69, 9.17) is 0 Å². The Hall–Kier alpha value is -0.700. The van der Waals surface area contributed by atoms with Crippen LogP contribution in [0, 0.1) is 0 Å². The van der Waals surface area contributed by atoms with Gasteiger partial charge in [-0.1, -0.05) is 0 Å². The fourth-order valence-electron chi connectivity index (χ4n) is 1.60. The van der Waals surface area contributed by atoms with Gasteiger partial charge in [-0.3, -0.25) is 4.79 Å². The number of aliphatic hydroxyl groups excluding tert-OH is 1. The van der Waals surface area contributed by atoms with Crippen molar-refractivity contribution in [2.45, 2.75) is 18.6 Å². The lowest BCUT2D eigenvalue weighted by molar-refractivity contribution is -0.144. The summed E-state index contributed by atoms with van der Waals surface area (Å²) in [5.41, 5.74) is 0. The van der Waals surface area contributed by atoms with Crippen molar-refractivity contribution >= 4 is 16.2 Å². The third kappa shape index (κ3) is 2.34. The molecular weight excluding hydrogens is 236 g/mol. The van der Waals surface area contributed by atoms with Crippen molar-refractivity contribution in [3.05, 3.63) is 0 Å². The quantitative estimate of drug-likeness (QED) is 0.611. The van der Waals surface area contributed by atoms with E-state index in [9.17, 15) is 18.3 Å². The van der Waals surface area contributed by atoms with Gasteiger partial charge in [0.2, 0.25) is 0 Å². The Morgan fingerprint density at radius 2 is 2.06 bits per heavy atom. The summed E-state index contributed by atoms with van der Waals surface area (Å²) in [6, 6.07) is -0.938. The van der Waals surface area contributed by atoms with Gasteiger partial charge in [0.05, 0.1) is 13.2 Å². The highest BCUT2D eigenvalue weighted by atomic mass is 32.2. The van der Waals surface area contributed by atoms with Crippen molar-refractivity contribution in [3.8, 4) is 0 Å². The predicted molar refractivity (Wildman–Crippen MR) is 55.7 cm³/mol. The normalized spacial score (nSPS) is 27.3. The van der Waals surface area contributed by atoms with E-state index < -0.39 is 28.3 Å². The first-order valence-corrected chi connectivity index (χ1v) is 6.15. The van der Waals surface area contributed by atoms with E-state index in [0.29, 0.717) is 0 Å². The summed E-state index contributed by atoms with van der Waals surface area (Å²) in [7, 11) is 0.219. The monoisotopic (exact) mass is 252 g/mol. The molecule has 0 aliphatic carbocycles. The van der Waals surface area contributed by atoms with Crippen LogP contribution in [0.25, 0.3) is 0 Å². The van der Waals surface area contributed by atoms with Crippen LogP contribution in [0.2, 0.25) is 0 Å².